The molecule has 0 unspecified atom stereocenters. The van der Waals surface area contributed by atoms with Crippen LogP contribution in [0.5, 0.6) is 0 Å². The molecule has 0 saturated carbocycles. The lowest BCUT2D eigenvalue weighted by Gasteiger charge is -2.34. The zero-order valence-corrected chi connectivity index (χ0v) is 21.9. The Balaban J connectivity index is 1.37. The van der Waals surface area contributed by atoms with Crippen LogP contribution < -0.4 is 16.0 Å². The van der Waals surface area contributed by atoms with Gasteiger partial charge in [-0.3, -0.25) is 14.7 Å². The van der Waals surface area contributed by atoms with Gasteiger partial charge in [-0.1, -0.05) is 0 Å². The predicted octanol–water partition coefficient (Wildman–Crippen LogP) is 1.54. The monoisotopic (exact) mass is 559 g/mol. The summed E-state index contributed by atoms with van der Waals surface area (Å²) in [5.41, 5.74) is 7.50. The molecule has 3 aromatic rings. The second kappa shape index (κ2) is 10.4. The van der Waals surface area contributed by atoms with E-state index in [1.807, 2.05) is 7.05 Å². The zero-order chi connectivity index (χ0) is 27.9. The smallest absolute Gasteiger partial charge is 0.257 e. The van der Waals surface area contributed by atoms with Crippen molar-refractivity contribution in [2.45, 2.75) is 17.9 Å². The molecule has 0 aliphatic carbocycles. The van der Waals surface area contributed by atoms with Crippen molar-refractivity contribution in [3.63, 3.8) is 0 Å². The van der Waals surface area contributed by atoms with Gasteiger partial charge in [0.25, 0.3) is 5.91 Å². The van der Waals surface area contributed by atoms with E-state index in [1.165, 1.54) is 6.07 Å². The highest BCUT2D eigenvalue weighted by Gasteiger charge is 2.32. The molecule has 5 rings (SSSR count). The number of aromatic nitrogens is 2. The molecule has 0 bridgehead atoms. The Hall–Kier alpha value is -3.88. The first-order valence-corrected chi connectivity index (χ1v) is 13.7. The van der Waals surface area contributed by atoms with E-state index in [0.717, 1.165) is 48.3 Å². The minimum absolute atomic E-state index is 0.0443. The minimum atomic E-state index is -4.23. The van der Waals surface area contributed by atoms with E-state index in [1.54, 1.807) is 12.1 Å². The molecule has 4 N–H and O–H groups in total. The van der Waals surface area contributed by atoms with Gasteiger partial charge >= 0.3 is 0 Å². The molecule has 3 heterocycles. The molecule has 1 saturated heterocycles. The first kappa shape index (κ1) is 26.7. The number of carbonyl (C=O) groups is 2. The maximum Gasteiger partial charge on any atom is 0.257 e. The van der Waals surface area contributed by atoms with E-state index in [0.29, 0.717) is 17.3 Å². The van der Waals surface area contributed by atoms with Gasteiger partial charge in [0.05, 0.1) is 16.0 Å². The SMILES string of the molecule is CN1CCN(c2ccc(C(=O)Nc3n[nH]c4c3CN(S(=O)(=O)c3cc(F)cc(F)c3)CC4)c(C(N)=O)c2)CC1. The number of hydrogen-bond donors (Lipinski definition) is 3. The van der Waals surface area contributed by atoms with E-state index in [4.69, 9.17) is 5.73 Å². The lowest BCUT2D eigenvalue weighted by atomic mass is 10.0. The van der Waals surface area contributed by atoms with Gasteiger partial charge in [0, 0.05) is 68.7 Å². The Labute approximate surface area is 223 Å². The van der Waals surface area contributed by atoms with Crippen LogP contribution in [0.3, 0.4) is 0 Å². The Kier molecular flexibility index (Phi) is 7.09. The van der Waals surface area contributed by atoms with Gasteiger partial charge in [0.1, 0.15) is 11.6 Å². The molecule has 206 valence electrons. The van der Waals surface area contributed by atoms with Gasteiger partial charge < -0.3 is 20.9 Å². The van der Waals surface area contributed by atoms with Gasteiger partial charge in [-0.05, 0) is 37.4 Å². The van der Waals surface area contributed by atoms with E-state index >= 15 is 0 Å². The molecule has 39 heavy (non-hydrogen) atoms. The number of nitrogens with one attached hydrogen (secondary N) is 2. The fourth-order valence-electron chi connectivity index (χ4n) is 4.78. The average Bonchev–Trinajstić information content (AvgIpc) is 3.30. The molecule has 2 aliphatic heterocycles. The number of hydrogen-bond acceptors (Lipinski definition) is 7. The van der Waals surface area contributed by atoms with Crippen LogP contribution in [-0.2, 0) is 23.0 Å². The van der Waals surface area contributed by atoms with E-state index in [2.05, 4.69) is 25.3 Å². The summed E-state index contributed by atoms with van der Waals surface area (Å²) in [7, 11) is -2.20. The van der Waals surface area contributed by atoms with E-state index < -0.39 is 38.4 Å². The standard InChI is InChI=1S/C25H27F2N7O4S/c1-32-6-8-33(9-7-32)17-2-3-19(20(13-17)23(28)35)25(36)29-24-21-14-34(5-4-22(21)30-31-24)39(37,38)18-11-15(26)10-16(27)12-18/h2-3,10-13H,4-9,14H2,1H3,(H2,28,35)(H2,29,30,31,36). The van der Waals surface area contributed by atoms with Gasteiger partial charge in [-0.25, -0.2) is 17.2 Å². The van der Waals surface area contributed by atoms with Crippen molar-refractivity contribution in [2.24, 2.45) is 5.73 Å². The summed E-state index contributed by atoms with van der Waals surface area (Å²) in [6.45, 7) is 3.11. The number of anilines is 2. The molecule has 0 radical (unpaired) electrons. The van der Waals surface area contributed by atoms with Gasteiger partial charge in [-0.2, -0.15) is 9.40 Å². The highest BCUT2D eigenvalue weighted by molar-refractivity contribution is 7.89. The summed E-state index contributed by atoms with van der Waals surface area (Å²) in [6.07, 6.45) is 0.238. The number of aromatic amines is 1. The van der Waals surface area contributed by atoms with Crippen molar-refractivity contribution in [3.05, 3.63) is 70.4 Å². The fraction of sp³-hybridized carbons (Fsp3) is 0.320. The number of nitrogens with zero attached hydrogens (tertiary/aromatic N) is 4. The maximum absolute atomic E-state index is 13.7. The molecule has 2 amide bonds. The Morgan fingerprint density at radius 1 is 1.00 bits per heavy atom. The minimum Gasteiger partial charge on any atom is -0.369 e. The number of fused-ring (bicyclic) bond motifs is 1. The van der Waals surface area contributed by atoms with Crippen LogP contribution in [0.1, 0.15) is 32.0 Å². The molecule has 2 aliphatic rings. The van der Waals surface area contributed by atoms with Crippen molar-refractivity contribution in [2.75, 3.05) is 50.0 Å². The fourth-order valence-corrected chi connectivity index (χ4v) is 6.23. The molecule has 1 fully saturated rings. The Bertz CT molecular complexity index is 1530. The van der Waals surface area contributed by atoms with Crippen LogP contribution in [0.2, 0.25) is 0 Å². The number of H-pyrrole nitrogens is 1. The molecular weight excluding hydrogens is 532 g/mol. The summed E-state index contributed by atoms with van der Waals surface area (Å²) >= 11 is 0. The predicted molar refractivity (Wildman–Crippen MR) is 139 cm³/mol. The first-order chi connectivity index (χ1) is 18.5. The van der Waals surface area contributed by atoms with Crippen LogP contribution in [0.4, 0.5) is 20.3 Å². The Morgan fingerprint density at radius 3 is 2.36 bits per heavy atom. The summed E-state index contributed by atoms with van der Waals surface area (Å²) in [5, 5.41) is 9.57. The van der Waals surface area contributed by atoms with Crippen LogP contribution in [0.15, 0.2) is 41.3 Å². The lowest BCUT2D eigenvalue weighted by molar-refractivity contribution is 0.0977. The maximum atomic E-state index is 13.7. The number of halogens is 2. The number of piperazine rings is 1. The van der Waals surface area contributed by atoms with E-state index in [-0.39, 0.29) is 36.5 Å². The topological polar surface area (TPSA) is 145 Å². The summed E-state index contributed by atoms with van der Waals surface area (Å²) < 4.78 is 54.6. The molecular formula is C25H27F2N7O4S. The van der Waals surface area contributed by atoms with Crippen LogP contribution >= 0.6 is 0 Å². The summed E-state index contributed by atoms with van der Waals surface area (Å²) in [6, 6.07) is 6.97. The molecule has 0 spiro atoms. The van der Waals surface area contributed by atoms with Crippen LogP contribution in [0, 0.1) is 11.6 Å². The highest BCUT2D eigenvalue weighted by atomic mass is 32.2. The second-order valence-electron chi connectivity index (χ2n) is 9.56. The quantitative estimate of drug-likeness (QED) is 0.416. The van der Waals surface area contributed by atoms with Crippen molar-refractivity contribution in [3.8, 4) is 0 Å². The number of benzene rings is 2. The second-order valence-corrected chi connectivity index (χ2v) is 11.5. The first-order valence-electron chi connectivity index (χ1n) is 12.2. The molecule has 2 aromatic carbocycles. The third-order valence-corrected chi connectivity index (χ3v) is 8.81. The largest absolute Gasteiger partial charge is 0.369 e. The van der Waals surface area contributed by atoms with Gasteiger partial charge in [0.15, 0.2) is 5.82 Å². The molecule has 0 atom stereocenters. The number of likely N-dealkylation sites (N-methyl/N-ethyl adjacent to an activating group) is 1. The normalized spacial score (nSPS) is 16.6. The van der Waals surface area contributed by atoms with Crippen molar-refractivity contribution in [1.82, 2.24) is 19.4 Å². The lowest BCUT2D eigenvalue weighted by Crippen LogP contribution is -2.44. The molecule has 1 aromatic heterocycles. The van der Waals surface area contributed by atoms with Crippen LogP contribution in [-0.4, -0.2) is 79.4 Å². The van der Waals surface area contributed by atoms with Crippen molar-refractivity contribution in [1.29, 1.82) is 0 Å². The summed E-state index contributed by atoms with van der Waals surface area (Å²) in [5.74, 6) is -3.34. The van der Waals surface area contributed by atoms with Crippen molar-refractivity contribution >= 4 is 33.3 Å². The summed E-state index contributed by atoms with van der Waals surface area (Å²) in [4.78, 5) is 29.3. The molecule has 14 heteroatoms. The highest BCUT2D eigenvalue weighted by Crippen LogP contribution is 2.29. The number of amides is 2. The van der Waals surface area contributed by atoms with Gasteiger partial charge in [-0.15, -0.1) is 0 Å². The number of primary amides is 1. The molecule has 11 nitrogen and oxygen atoms in total. The van der Waals surface area contributed by atoms with E-state index in [9.17, 15) is 26.8 Å². The van der Waals surface area contributed by atoms with Crippen LogP contribution in [0.25, 0.3) is 0 Å². The number of sulfonamides is 1. The number of nitrogens with two attached hydrogens (primary N) is 1. The average molecular weight is 560 g/mol. The number of carbonyl (C=O) groups excluding carboxylic acids is 2. The van der Waals surface area contributed by atoms with Gasteiger partial charge in [0.2, 0.25) is 15.9 Å². The third kappa shape index (κ3) is 5.35. The third-order valence-electron chi connectivity index (χ3n) is 6.99. The number of rotatable bonds is 6. The van der Waals surface area contributed by atoms with Crippen molar-refractivity contribution < 1.29 is 26.8 Å². The Morgan fingerprint density at radius 2 is 1.69 bits per heavy atom. The zero-order valence-electron chi connectivity index (χ0n) is 21.1.